The van der Waals surface area contributed by atoms with Crippen LogP contribution in [0.25, 0.3) is 11.6 Å². The first-order valence-electron chi connectivity index (χ1n) is 7.26. The molecular weight excluding hydrogens is 300 g/mol. The van der Waals surface area contributed by atoms with Crippen LogP contribution < -0.4 is 16.0 Å². The van der Waals surface area contributed by atoms with Crippen molar-refractivity contribution in [1.82, 2.24) is 9.97 Å². The Labute approximate surface area is 132 Å². The second-order valence-electron chi connectivity index (χ2n) is 5.36. The van der Waals surface area contributed by atoms with Crippen LogP contribution in [0.5, 0.6) is 0 Å². The minimum absolute atomic E-state index is 0.134. The standard InChI is InChI=1S/C16H17F2N5/c1-3-20-13-5-12-9(6-21-13)4-10(8-23(12)2)14-11(17)7-22-16(19)15(14)18/h4-7H,3,8H2,1-2H3,(H2,19,22)(H,20,21). The molecule has 0 saturated carbocycles. The van der Waals surface area contributed by atoms with Gasteiger partial charge in [-0.3, -0.25) is 0 Å². The van der Waals surface area contributed by atoms with Crippen LogP contribution in [0.1, 0.15) is 18.1 Å². The largest absolute Gasteiger partial charge is 0.381 e. The summed E-state index contributed by atoms with van der Waals surface area (Å²) in [7, 11) is 1.86. The van der Waals surface area contributed by atoms with Crippen molar-refractivity contribution >= 4 is 29.0 Å². The lowest BCUT2D eigenvalue weighted by Gasteiger charge is -2.28. The Morgan fingerprint density at radius 3 is 2.83 bits per heavy atom. The van der Waals surface area contributed by atoms with Crippen LogP contribution in [0.2, 0.25) is 0 Å². The maximum absolute atomic E-state index is 14.2. The summed E-state index contributed by atoms with van der Waals surface area (Å²) in [5.41, 5.74) is 7.58. The molecule has 0 spiro atoms. The van der Waals surface area contributed by atoms with Crippen LogP contribution in [0.3, 0.4) is 0 Å². The van der Waals surface area contributed by atoms with Gasteiger partial charge in [-0.25, -0.2) is 18.7 Å². The van der Waals surface area contributed by atoms with Gasteiger partial charge >= 0.3 is 0 Å². The molecule has 5 nitrogen and oxygen atoms in total. The summed E-state index contributed by atoms with van der Waals surface area (Å²) in [5, 5.41) is 3.14. The molecule has 23 heavy (non-hydrogen) atoms. The summed E-state index contributed by atoms with van der Waals surface area (Å²) in [5.74, 6) is -1.10. The lowest BCUT2D eigenvalue weighted by Crippen LogP contribution is -2.24. The monoisotopic (exact) mass is 317 g/mol. The molecule has 120 valence electrons. The summed E-state index contributed by atoms with van der Waals surface area (Å²) in [4.78, 5) is 9.71. The molecule has 2 aromatic rings. The molecule has 7 heteroatoms. The third-order valence-electron chi connectivity index (χ3n) is 3.74. The lowest BCUT2D eigenvalue weighted by molar-refractivity contribution is 0.570. The van der Waals surface area contributed by atoms with Gasteiger partial charge in [0.25, 0.3) is 0 Å². The molecule has 1 aliphatic rings. The zero-order valence-electron chi connectivity index (χ0n) is 12.9. The predicted octanol–water partition coefficient (Wildman–Crippen LogP) is 2.76. The summed E-state index contributed by atoms with van der Waals surface area (Å²) in [6, 6.07) is 1.92. The molecule has 2 aromatic heterocycles. The number of fused-ring (bicyclic) bond motifs is 1. The van der Waals surface area contributed by atoms with E-state index in [0.29, 0.717) is 12.1 Å². The first-order valence-corrected chi connectivity index (χ1v) is 7.26. The summed E-state index contributed by atoms with van der Waals surface area (Å²) >= 11 is 0. The van der Waals surface area contributed by atoms with E-state index in [4.69, 9.17) is 5.73 Å². The number of aromatic nitrogens is 2. The lowest BCUT2D eigenvalue weighted by atomic mass is 9.98. The van der Waals surface area contributed by atoms with Crippen LogP contribution in [0, 0.1) is 11.6 Å². The fourth-order valence-corrected chi connectivity index (χ4v) is 2.67. The molecule has 0 radical (unpaired) electrons. The zero-order chi connectivity index (χ0) is 16.6. The third kappa shape index (κ3) is 2.69. The van der Waals surface area contributed by atoms with Crippen LogP contribution in [-0.2, 0) is 0 Å². The molecule has 0 saturated heterocycles. The number of nitrogen functional groups attached to an aromatic ring is 1. The topological polar surface area (TPSA) is 67.1 Å². The average molecular weight is 317 g/mol. The predicted molar refractivity (Wildman–Crippen MR) is 88.1 cm³/mol. The normalized spacial score (nSPS) is 13.6. The van der Waals surface area contributed by atoms with Gasteiger partial charge in [-0.1, -0.05) is 0 Å². The van der Waals surface area contributed by atoms with E-state index in [1.165, 1.54) is 0 Å². The van der Waals surface area contributed by atoms with E-state index in [1.54, 1.807) is 12.3 Å². The highest BCUT2D eigenvalue weighted by molar-refractivity contribution is 5.91. The molecule has 3 heterocycles. The third-order valence-corrected chi connectivity index (χ3v) is 3.74. The number of pyridine rings is 2. The molecule has 0 atom stereocenters. The van der Waals surface area contributed by atoms with Crippen LogP contribution in [-0.4, -0.2) is 30.1 Å². The fraction of sp³-hybridized carbons (Fsp3) is 0.250. The van der Waals surface area contributed by atoms with Gasteiger partial charge < -0.3 is 16.0 Å². The van der Waals surface area contributed by atoms with Crippen LogP contribution in [0.4, 0.5) is 26.1 Å². The molecule has 0 aromatic carbocycles. The van der Waals surface area contributed by atoms with E-state index in [0.717, 1.165) is 29.8 Å². The number of nitrogens with one attached hydrogen (secondary N) is 1. The van der Waals surface area contributed by atoms with Crippen molar-refractivity contribution in [2.75, 3.05) is 36.1 Å². The Balaban J connectivity index is 2.09. The highest BCUT2D eigenvalue weighted by atomic mass is 19.1. The van der Waals surface area contributed by atoms with Crippen molar-refractivity contribution < 1.29 is 8.78 Å². The average Bonchev–Trinajstić information content (AvgIpc) is 2.52. The molecule has 0 fully saturated rings. The van der Waals surface area contributed by atoms with Gasteiger partial charge in [0.15, 0.2) is 17.5 Å². The van der Waals surface area contributed by atoms with Crippen molar-refractivity contribution in [3.8, 4) is 0 Å². The number of hydrogen-bond donors (Lipinski definition) is 2. The SMILES string of the molecule is CCNc1cc2c(cn1)C=C(c1c(F)cnc(N)c1F)CN2C. The van der Waals surface area contributed by atoms with Crippen molar-refractivity contribution in [3.05, 3.63) is 41.2 Å². The Morgan fingerprint density at radius 1 is 1.30 bits per heavy atom. The van der Waals surface area contributed by atoms with Crippen molar-refractivity contribution in [2.45, 2.75) is 6.92 Å². The highest BCUT2D eigenvalue weighted by Crippen LogP contribution is 2.35. The van der Waals surface area contributed by atoms with Gasteiger partial charge in [0.05, 0.1) is 11.8 Å². The van der Waals surface area contributed by atoms with E-state index in [9.17, 15) is 8.78 Å². The second kappa shape index (κ2) is 5.83. The number of likely N-dealkylation sites (N-methyl/N-ethyl adjacent to an activating group) is 1. The van der Waals surface area contributed by atoms with E-state index in [2.05, 4.69) is 15.3 Å². The van der Waals surface area contributed by atoms with E-state index in [1.807, 2.05) is 24.9 Å². The Morgan fingerprint density at radius 2 is 2.09 bits per heavy atom. The van der Waals surface area contributed by atoms with Gasteiger partial charge in [0.2, 0.25) is 0 Å². The summed E-state index contributed by atoms with van der Waals surface area (Å²) in [6.45, 7) is 3.12. The Hall–Kier alpha value is -2.70. The molecule has 0 bridgehead atoms. The number of nitrogens with zero attached hydrogens (tertiary/aromatic N) is 3. The van der Waals surface area contributed by atoms with Crippen molar-refractivity contribution in [3.63, 3.8) is 0 Å². The second-order valence-corrected chi connectivity index (χ2v) is 5.36. The molecule has 0 unspecified atom stereocenters. The molecule has 1 aliphatic heterocycles. The van der Waals surface area contributed by atoms with Gasteiger partial charge in [-0.05, 0) is 18.6 Å². The number of hydrogen-bond acceptors (Lipinski definition) is 5. The zero-order valence-corrected chi connectivity index (χ0v) is 12.9. The van der Waals surface area contributed by atoms with Crippen LogP contribution >= 0.6 is 0 Å². The molecular formula is C16H17F2N5. The van der Waals surface area contributed by atoms with Crippen LogP contribution in [0.15, 0.2) is 18.5 Å². The fourth-order valence-electron chi connectivity index (χ4n) is 2.67. The van der Waals surface area contributed by atoms with Crippen molar-refractivity contribution in [2.24, 2.45) is 0 Å². The first kappa shape index (κ1) is 15.2. The minimum atomic E-state index is -0.828. The quantitative estimate of drug-likeness (QED) is 0.911. The van der Waals surface area contributed by atoms with Gasteiger partial charge in [0, 0.05) is 43.7 Å². The smallest absolute Gasteiger partial charge is 0.175 e. The number of halogens is 2. The maximum Gasteiger partial charge on any atom is 0.175 e. The minimum Gasteiger partial charge on any atom is -0.381 e. The van der Waals surface area contributed by atoms with Gasteiger partial charge in [-0.15, -0.1) is 0 Å². The maximum atomic E-state index is 14.2. The molecule has 0 aliphatic carbocycles. The van der Waals surface area contributed by atoms with Gasteiger partial charge in [-0.2, -0.15) is 0 Å². The number of nitrogens with two attached hydrogens (primary N) is 1. The van der Waals surface area contributed by atoms with E-state index in [-0.39, 0.29) is 11.4 Å². The Bertz CT molecular complexity index is 788. The first-order chi connectivity index (χ1) is 11.0. The van der Waals surface area contributed by atoms with E-state index < -0.39 is 11.6 Å². The molecule has 0 amide bonds. The number of rotatable bonds is 3. The summed E-state index contributed by atoms with van der Waals surface area (Å²) < 4.78 is 28.2. The van der Waals surface area contributed by atoms with Crippen molar-refractivity contribution in [1.29, 1.82) is 0 Å². The van der Waals surface area contributed by atoms with E-state index >= 15 is 0 Å². The molecule has 3 N–H and O–H groups in total. The number of anilines is 3. The van der Waals surface area contributed by atoms with Gasteiger partial charge in [0.1, 0.15) is 5.82 Å². The highest BCUT2D eigenvalue weighted by Gasteiger charge is 2.23. The molecule has 3 rings (SSSR count). The Kier molecular flexibility index (Phi) is 3.85. The summed E-state index contributed by atoms with van der Waals surface area (Å²) in [6.07, 6.45) is 4.36.